The van der Waals surface area contributed by atoms with Crippen LogP contribution in [0.5, 0.6) is 0 Å². The van der Waals surface area contributed by atoms with Gasteiger partial charge in [-0.3, -0.25) is 14.4 Å². The lowest BCUT2D eigenvalue weighted by Gasteiger charge is -2.11. The summed E-state index contributed by atoms with van der Waals surface area (Å²) in [6.07, 6.45) is 1.87. The van der Waals surface area contributed by atoms with Crippen LogP contribution in [0.15, 0.2) is 18.2 Å². The van der Waals surface area contributed by atoms with Crippen molar-refractivity contribution in [2.45, 2.75) is 19.8 Å². The number of hydrogen-bond acceptors (Lipinski definition) is 4. The van der Waals surface area contributed by atoms with E-state index in [9.17, 15) is 14.4 Å². The molecule has 0 aliphatic heterocycles. The zero-order valence-corrected chi connectivity index (χ0v) is 13.0. The minimum Gasteiger partial charge on any atom is -0.481 e. The number of hydrogen-bond donors (Lipinski definition) is 3. The van der Waals surface area contributed by atoms with E-state index >= 15 is 0 Å². The van der Waals surface area contributed by atoms with Gasteiger partial charge < -0.3 is 15.7 Å². The molecule has 1 fully saturated rings. The molecule has 0 atom stereocenters. The predicted molar refractivity (Wildman–Crippen MR) is 86.1 cm³/mol. The van der Waals surface area contributed by atoms with Crippen molar-refractivity contribution in [2.75, 3.05) is 22.1 Å². The highest BCUT2D eigenvalue weighted by Crippen LogP contribution is 2.30. The Morgan fingerprint density at radius 1 is 1.23 bits per heavy atom. The number of amides is 2. The molecule has 0 unspecified atom stereocenters. The molecule has 1 aromatic rings. The molecule has 3 N–H and O–H groups in total. The summed E-state index contributed by atoms with van der Waals surface area (Å²) in [7, 11) is 0. The minimum absolute atomic E-state index is 0.0122. The molecule has 0 bridgehead atoms. The van der Waals surface area contributed by atoms with Gasteiger partial charge in [-0.2, -0.15) is 0 Å². The molecular weight excluding hydrogens is 304 g/mol. The molecule has 0 spiro atoms. The first-order chi connectivity index (χ1) is 10.5. The highest BCUT2D eigenvalue weighted by molar-refractivity contribution is 8.00. The number of carboxylic acids is 1. The van der Waals surface area contributed by atoms with Crippen molar-refractivity contribution in [2.24, 2.45) is 5.92 Å². The quantitative estimate of drug-likeness (QED) is 0.714. The molecule has 0 radical (unpaired) electrons. The first-order valence-electron chi connectivity index (χ1n) is 6.96. The van der Waals surface area contributed by atoms with Crippen molar-refractivity contribution < 1.29 is 19.5 Å². The second-order valence-electron chi connectivity index (χ2n) is 5.23. The third kappa shape index (κ3) is 5.07. The number of rotatable bonds is 7. The van der Waals surface area contributed by atoms with Gasteiger partial charge in [-0.25, -0.2) is 0 Å². The SMILES string of the molecule is Cc1ccc(NC(=O)C2CC2)cc1NC(=O)CSCC(=O)O. The minimum atomic E-state index is -0.946. The van der Waals surface area contributed by atoms with Crippen molar-refractivity contribution in [3.63, 3.8) is 0 Å². The van der Waals surface area contributed by atoms with Gasteiger partial charge in [0.1, 0.15) is 0 Å². The third-order valence-electron chi connectivity index (χ3n) is 3.19. The number of aryl methyl sites for hydroxylation is 1. The molecule has 1 aliphatic rings. The summed E-state index contributed by atoms with van der Waals surface area (Å²) in [5.74, 6) is -1.11. The molecule has 1 saturated carbocycles. The van der Waals surface area contributed by atoms with Crippen LogP contribution in [0.1, 0.15) is 18.4 Å². The Kier molecular flexibility index (Phi) is 5.43. The zero-order chi connectivity index (χ0) is 16.1. The topological polar surface area (TPSA) is 95.5 Å². The van der Waals surface area contributed by atoms with Crippen molar-refractivity contribution in [3.05, 3.63) is 23.8 Å². The number of carboxylic acid groups (broad SMARTS) is 1. The van der Waals surface area contributed by atoms with Crippen LogP contribution < -0.4 is 10.6 Å². The molecule has 118 valence electrons. The van der Waals surface area contributed by atoms with Crippen LogP contribution in [-0.2, 0) is 14.4 Å². The first-order valence-corrected chi connectivity index (χ1v) is 8.12. The summed E-state index contributed by atoms with van der Waals surface area (Å²) in [6, 6.07) is 5.34. The van der Waals surface area contributed by atoms with Crippen molar-refractivity contribution in [3.8, 4) is 0 Å². The summed E-state index contributed by atoms with van der Waals surface area (Å²) in [5.41, 5.74) is 2.14. The lowest BCUT2D eigenvalue weighted by atomic mass is 10.1. The molecule has 2 amide bonds. The highest BCUT2D eigenvalue weighted by Gasteiger charge is 2.29. The normalized spacial score (nSPS) is 13.5. The second kappa shape index (κ2) is 7.31. The van der Waals surface area contributed by atoms with Gasteiger partial charge in [-0.15, -0.1) is 11.8 Å². The van der Waals surface area contributed by atoms with Gasteiger partial charge in [0.25, 0.3) is 0 Å². The van der Waals surface area contributed by atoms with Gasteiger partial charge in [-0.1, -0.05) is 6.07 Å². The van der Waals surface area contributed by atoms with E-state index in [2.05, 4.69) is 10.6 Å². The van der Waals surface area contributed by atoms with Crippen molar-refractivity contribution in [1.29, 1.82) is 0 Å². The molecule has 2 rings (SSSR count). The number of carbonyl (C=O) groups excluding carboxylic acids is 2. The van der Waals surface area contributed by atoms with E-state index in [1.54, 1.807) is 12.1 Å². The third-order valence-corrected chi connectivity index (χ3v) is 4.10. The smallest absolute Gasteiger partial charge is 0.313 e. The lowest BCUT2D eigenvalue weighted by Crippen LogP contribution is -2.17. The van der Waals surface area contributed by atoms with E-state index in [0.29, 0.717) is 11.4 Å². The highest BCUT2D eigenvalue weighted by atomic mass is 32.2. The maximum atomic E-state index is 11.8. The number of benzene rings is 1. The van der Waals surface area contributed by atoms with Crippen LogP contribution in [-0.4, -0.2) is 34.4 Å². The first kappa shape index (κ1) is 16.4. The van der Waals surface area contributed by atoms with Crippen LogP contribution in [0.3, 0.4) is 0 Å². The number of carbonyl (C=O) groups is 3. The summed E-state index contributed by atoms with van der Waals surface area (Å²) in [4.78, 5) is 33.9. The van der Waals surface area contributed by atoms with Gasteiger partial charge in [0, 0.05) is 17.3 Å². The standard InChI is InChI=1S/C15H18N2O4S/c1-9-2-5-11(16-15(21)10-3-4-10)6-12(9)17-13(18)7-22-8-14(19)20/h2,5-6,10H,3-4,7-8H2,1H3,(H,16,21)(H,17,18)(H,19,20). The van der Waals surface area contributed by atoms with E-state index in [1.807, 2.05) is 13.0 Å². The molecule has 7 heteroatoms. The monoisotopic (exact) mass is 322 g/mol. The Bertz CT molecular complexity index is 599. The van der Waals surface area contributed by atoms with Crippen molar-refractivity contribution in [1.82, 2.24) is 0 Å². The number of thioether (sulfide) groups is 1. The Balaban J connectivity index is 1.92. The second-order valence-corrected chi connectivity index (χ2v) is 6.21. The molecule has 6 nitrogen and oxygen atoms in total. The van der Waals surface area contributed by atoms with Gasteiger partial charge in [0.2, 0.25) is 11.8 Å². The van der Waals surface area contributed by atoms with Crippen LogP contribution in [0.4, 0.5) is 11.4 Å². The van der Waals surface area contributed by atoms with Crippen molar-refractivity contribution >= 4 is 40.9 Å². The maximum absolute atomic E-state index is 11.8. The Hall–Kier alpha value is -2.02. The summed E-state index contributed by atoms with van der Waals surface area (Å²) >= 11 is 1.04. The average Bonchev–Trinajstić information content (AvgIpc) is 3.26. The fourth-order valence-corrected chi connectivity index (χ4v) is 2.38. The number of aliphatic carboxylic acids is 1. The Morgan fingerprint density at radius 3 is 2.59 bits per heavy atom. The summed E-state index contributed by atoms with van der Waals surface area (Å²) in [5, 5.41) is 14.1. The predicted octanol–water partition coefficient (Wildman–Crippen LogP) is 2.10. The molecule has 0 saturated heterocycles. The summed E-state index contributed by atoms with van der Waals surface area (Å²) in [6.45, 7) is 1.85. The lowest BCUT2D eigenvalue weighted by molar-refractivity contribution is -0.133. The van der Waals surface area contributed by atoms with E-state index in [4.69, 9.17) is 5.11 Å². The largest absolute Gasteiger partial charge is 0.481 e. The van der Waals surface area contributed by atoms with E-state index in [-0.39, 0.29) is 29.2 Å². The summed E-state index contributed by atoms with van der Waals surface area (Å²) < 4.78 is 0. The molecule has 1 aromatic carbocycles. The maximum Gasteiger partial charge on any atom is 0.313 e. The van der Waals surface area contributed by atoms with Crippen LogP contribution in [0.25, 0.3) is 0 Å². The fourth-order valence-electron chi connectivity index (χ4n) is 1.84. The fraction of sp³-hybridized carbons (Fsp3) is 0.400. The molecule has 1 aliphatic carbocycles. The van der Waals surface area contributed by atoms with Crippen LogP contribution in [0, 0.1) is 12.8 Å². The van der Waals surface area contributed by atoms with Gasteiger partial charge in [-0.05, 0) is 37.5 Å². The zero-order valence-electron chi connectivity index (χ0n) is 12.2. The van der Waals surface area contributed by atoms with Crippen LogP contribution >= 0.6 is 11.8 Å². The van der Waals surface area contributed by atoms with E-state index in [0.717, 1.165) is 30.2 Å². The average molecular weight is 322 g/mol. The van der Waals surface area contributed by atoms with Gasteiger partial charge in [0.05, 0.1) is 11.5 Å². The van der Waals surface area contributed by atoms with Crippen LogP contribution in [0.2, 0.25) is 0 Å². The molecular formula is C15H18N2O4S. The van der Waals surface area contributed by atoms with E-state index in [1.165, 1.54) is 0 Å². The Morgan fingerprint density at radius 2 is 1.95 bits per heavy atom. The molecule has 22 heavy (non-hydrogen) atoms. The number of nitrogens with one attached hydrogen (secondary N) is 2. The molecule has 0 aromatic heterocycles. The Labute approximate surface area is 132 Å². The number of anilines is 2. The van der Waals surface area contributed by atoms with Gasteiger partial charge in [0.15, 0.2) is 0 Å². The van der Waals surface area contributed by atoms with Gasteiger partial charge >= 0.3 is 5.97 Å². The van der Waals surface area contributed by atoms with E-state index < -0.39 is 5.97 Å². The molecule has 0 heterocycles.